The number of aromatic hydroxyl groups is 1. The first-order valence-electron chi connectivity index (χ1n) is 11.0. The lowest BCUT2D eigenvalue weighted by atomic mass is 10.0. The van der Waals surface area contributed by atoms with Gasteiger partial charge in [-0.05, 0) is 43.9 Å². The Labute approximate surface area is 201 Å². The average molecular weight is 494 g/mol. The quantitative estimate of drug-likeness (QED) is 0.174. The molecule has 2 rings (SSSR count). The van der Waals surface area contributed by atoms with Crippen LogP contribution in [-0.4, -0.2) is 86.6 Å². The number of rotatable bonds is 11. The van der Waals surface area contributed by atoms with Gasteiger partial charge in [0.25, 0.3) is 0 Å². The zero-order valence-corrected chi connectivity index (χ0v) is 19.2. The minimum absolute atomic E-state index is 0.0474. The van der Waals surface area contributed by atoms with Crippen LogP contribution < -0.4 is 22.1 Å². The number of carbonyl (C=O) groups is 5. The summed E-state index contributed by atoms with van der Waals surface area (Å²) in [4.78, 5) is 62.6. The number of phenols is 1. The number of nitrogens with zero attached hydrogens (tertiary/aromatic N) is 1. The van der Waals surface area contributed by atoms with E-state index in [4.69, 9.17) is 11.5 Å². The molecule has 1 heterocycles. The molecule has 192 valence electrons. The summed E-state index contributed by atoms with van der Waals surface area (Å²) in [6.45, 7) is 1.34. The lowest BCUT2D eigenvalue weighted by Crippen LogP contribution is -2.58. The van der Waals surface area contributed by atoms with Crippen molar-refractivity contribution in [2.75, 3.05) is 6.54 Å². The van der Waals surface area contributed by atoms with Gasteiger partial charge in [0.05, 0.1) is 18.6 Å². The maximum Gasteiger partial charge on any atom is 0.328 e. The predicted octanol–water partition coefficient (Wildman–Crippen LogP) is -2.44. The van der Waals surface area contributed by atoms with Crippen molar-refractivity contribution >= 4 is 29.6 Å². The molecule has 1 aliphatic rings. The Balaban J connectivity index is 2.11. The largest absolute Gasteiger partial charge is 0.508 e. The fourth-order valence-corrected chi connectivity index (χ4v) is 3.80. The zero-order valence-electron chi connectivity index (χ0n) is 19.2. The first-order chi connectivity index (χ1) is 16.4. The van der Waals surface area contributed by atoms with Crippen LogP contribution in [-0.2, 0) is 30.4 Å². The number of aliphatic hydroxyl groups is 1. The molecule has 1 aliphatic heterocycles. The highest BCUT2D eigenvalue weighted by atomic mass is 16.4. The second kappa shape index (κ2) is 12.1. The van der Waals surface area contributed by atoms with Crippen LogP contribution in [0.5, 0.6) is 5.75 Å². The highest BCUT2D eigenvalue weighted by Crippen LogP contribution is 2.20. The Morgan fingerprint density at radius 1 is 1.14 bits per heavy atom. The van der Waals surface area contributed by atoms with E-state index in [2.05, 4.69) is 10.6 Å². The molecule has 9 N–H and O–H groups in total. The third kappa shape index (κ3) is 7.65. The van der Waals surface area contributed by atoms with Gasteiger partial charge in [0.1, 0.15) is 17.8 Å². The van der Waals surface area contributed by atoms with Crippen molar-refractivity contribution in [2.24, 2.45) is 11.5 Å². The van der Waals surface area contributed by atoms with Gasteiger partial charge in [-0.2, -0.15) is 0 Å². The Hall–Kier alpha value is -3.71. The summed E-state index contributed by atoms with van der Waals surface area (Å²) >= 11 is 0. The zero-order chi connectivity index (χ0) is 26.3. The lowest BCUT2D eigenvalue weighted by Gasteiger charge is -2.30. The van der Waals surface area contributed by atoms with Gasteiger partial charge in [-0.1, -0.05) is 12.1 Å². The second-order valence-corrected chi connectivity index (χ2v) is 8.46. The molecule has 1 aromatic rings. The number of nitrogens with one attached hydrogen (secondary N) is 2. The molecule has 0 radical (unpaired) electrons. The third-order valence-electron chi connectivity index (χ3n) is 5.63. The predicted molar refractivity (Wildman–Crippen MR) is 122 cm³/mol. The van der Waals surface area contributed by atoms with Gasteiger partial charge in [0.2, 0.25) is 23.6 Å². The minimum atomic E-state index is -1.57. The van der Waals surface area contributed by atoms with Crippen molar-refractivity contribution in [3.63, 3.8) is 0 Å². The number of benzene rings is 1. The average Bonchev–Trinajstić information content (AvgIpc) is 3.27. The van der Waals surface area contributed by atoms with Gasteiger partial charge < -0.3 is 42.3 Å². The first kappa shape index (κ1) is 27.5. The van der Waals surface area contributed by atoms with Gasteiger partial charge >= 0.3 is 5.97 Å². The number of carbonyl (C=O) groups excluding carboxylic acids is 4. The number of carboxylic acid groups (broad SMARTS) is 1. The number of nitrogens with two attached hydrogens (primary N) is 2. The number of carboxylic acids is 1. The maximum atomic E-state index is 13.2. The fraction of sp³-hybridized carbons (Fsp3) is 0.500. The monoisotopic (exact) mass is 493 g/mol. The Morgan fingerprint density at radius 3 is 2.31 bits per heavy atom. The van der Waals surface area contributed by atoms with Gasteiger partial charge in [-0.3, -0.25) is 19.2 Å². The smallest absolute Gasteiger partial charge is 0.328 e. The Morgan fingerprint density at radius 2 is 1.77 bits per heavy atom. The topological polar surface area (TPSA) is 225 Å². The van der Waals surface area contributed by atoms with E-state index in [0.717, 1.165) is 4.90 Å². The summed E-state index contributed by atoms with van der Waals surface area (Å²) in [6, 6.07) is 0.947. The number of likely N-dealkylation sites (tertiary alicyclic amines) is 1. The van der Waals surface area contributed by atoms with Crippen molar-refractivity contribution in [3.05, 3.63) is 29.8 Å². The van der Waals surface area contributed by atoms with Crippen LogP contribution >= 0.6 is 0 Å². The molecule has 1 fully saturated rings. The fourth-order valence-electron chi connectivity index (χ4n) is 3.80. The summed E-state index contributed by atoms with van der Waals surface area (Å²) in [7, 11) is 0. The van der Waals surface area contributed by atoms with Crippen LogP contribution in [0, 0.1) is 0 Å². The van der Waals surface area contributed by atoms with Crippen molar-refractivity contribution in [3.8, 4) is 5.75 Å². The number of phenolic OH excluding ortho intramolecular Hbond substituents is 1. The van der Waals surface area contributed by atoms with Crippen molar-refractivity contribution < 1.29 is 39.3 Å². The van der Waals surface area contributed by atoms with E-state index in [1.54, 1.807) is 12.1 Å². The highest BCUT2D eigenvalue weighted by Gasteiger charge is 2.40. The summed E-state index contributed by atoms with van der Waals surface area (Å²) in [5.74, 6) is -4.50. The van der Waals surface area contributed by atoms with Gasteiger partial charge in [-0.15, -0.1) is 0 Å². The van der Waals surface area contributed by atoms with Crippen LogP contribution in [0.1, 0.15) is 31.7 Å². The second-order valence-electron chi connectivity index (χ2n) is 8.46. The molecule has 5 atom stereocenters. The summed E-state index contributed by atoms with van der Waals surface area (Å²) in [5.41, 5.74) is 11.9. The lowest BCUT2D eigenvalue weighted by molar-refractivity contribution is -0.147. The van der Waals surface area contributed by atoms with Crippen LogP contribution in [0.3, 0.4) is 0 Å². The third-order valence-corrected chi connectivity index (χ3v) is 5.63. The Bertz CT molecular complexity index is 952. The van der Waals surface area contributed by atoms with E-state index in [1.165, 1.54) is 19.1 Å². The standard InChI is InChI=1S/C22H31N5O8/c1-11(28)18(22(34)35)26-20(32)16-3-2-8-27(16)21(33)15(10-17(24)30)25-19(31)14(23)9-12-4-6-13(29)7-5-12/h4-7,11,14-16,18,28-29H,2-3,8-10,23H2,1H3,(H2,24,30)(H,25,31)(H,26,32)(H,34,35). The number of aliphatic carboxylic acids is 1. The Kier molecular flexibility index (Phi) is 9.54. The molecular formula is C22H31N5O8. The molecule has 1 saturated heterocycles. The molecule has 5 unspecified atom stereocenters. The van der Waals surface area contributed by atoms with Crippen LogP contribution in [0.15, 0.2) is 24.3 Å². The molecule has 4 amide bonds. The number of hydrogen-bond acceptors (Lipinski definition) is 8. The normalized spacial score (nSPS) is 18.7. The van der Waals surface area contributed by atoms with E-state index in [9.17, 15) is 39.3 Å². The highest BCUT2D eigenvalue weighted by molar-refractivity contribution is 5.96. The molecule has 13 heteroatoms. The summed E-state index contributed by atoms with van der Waals surface area (Å²) in [5, 5.41) is 32.8. The van der Waals surface area contributed by atoms with Gasteiger partial charge in [-0.25, -0.2) is 4.79 Å². The number of primary amides is 1. The molecule has 0 saturated carbocycles. The number of amides is 4. The van der Waals surface area contributed by atoms with Gasteiger partial charge in [0.15, 0.2) is 6.04 Å². The molecule has 0 bridgehead atoms. The van der Waals surface area contributed by atoms with E-state index >= 15 is 0 Å². The van der Waals surface area contributed by atoms with Crippen LogP contribution in [0.25, 0.3) is 0 Å². The molecule has 0 aromatic heterocycles. The van der Waals surface area contributed by atoms with Crippen molar-refractivity contribution in [1.29, 1.82) is 0 Å². The SMILES string of the molecule is CC(O)C(NC(=O)C1CCCN1C(=O)C(CC(N)=O)NC(=O)C(N)Cc1ccc(O)cc1)C(=O)O. The van der Waals surface area contributed by atoms with E-state index in [-0.39, 0.29) is 25.1 Å². The van der Waals surface area contributed by atoms with Crippen molar-refractivity contribution in [2.45, 2.75) is 62.9 Å². The number of aliphatic hydroxyl groups excluding tert-OH is 1. The minimum Gasteiger partial charge on any atom is -0.508 e. The number of hydrogen-bond donors (Lipinski definition) is 7. The van der Waals surface area contributed by atoms with E-state index < -0.39 is 66.3 Å². The molecular weight excluding hydrogens is 462 g/mol. The van der Waals surface area contributed by atoms with Crippen LogP contribution in [0.4, 0.5) is 0 Å². The van der Waals surface area contributed by atoms with Crippen LogP contribution in [0.2, 0.25) is 0 Å². The van der Waals surface area contributed by atoms with E-state index in [1.807, 2.05) is 0 Å². The molecule has 13 nitrogen and oxygen atoms in total. The first-order valence-corrected chi connectivity index (χ1v) is 11.0. The molecule has 1 aromatic carbocycles. The summed E-state index contributed by atoms with van der Waals surface area (Å²) < 4.78 is 0. The maximum absolute atomic E-state index is 13.2. The molecule has 35 heavy (non-hydrogen) atoms. The van der Waals surface area contributed by atoms with Crippen molar-refractivity contribution in [1.82, 2.24) is 15.5 Å². The summed E-state index contributed by atoms with van der Waals surface area (Å²) in [6.07, 6.45) is -1.17. The van der Waals surface area contributed by atoms with E-state index in [0.29, 0.717) is 12.0 Å². The molecule has 0 spiro atoms. The van der Waals surface area contributed by atoms with Gasteiger partial charge in [0, 0.05) is 6.54 Å². The molecule has 0 aliphatic carbocycles.